The molecule has 0 aliphatic rings. The lowest BCUT2D eigenvalue weighted by Crippen LogP contribution is -2.39. The lowest BCUT2D eigenvalue weighted by atomic mass is 10.1. The van der Waals surface area contributed by atoms with E-state index in [1.165, 1.54) is 6.92 Å². The summed E-state index contributed by atoms with van der Waals surface area (Å²) in [5, 5.41) is 28.0. The first-order valence-corrected chi connectivity index (χ1v) is 4.19. The summed E-state index contributed by atoms with van der Waals surface area (Å²) >= 11 is 0. The van der Waals surface area contributed by atoms with Crippen LogP contribution in [0.2, 0.25) is 0 Å². The second-order valence-corrected chi connectivity index (χ2v) is 2.87. The van der Waals surface area contributed by atoms with E-state index in [9.17, 15) is 9.59 Å². The van der Waals surface area contributed by atoms with Crippen molar-refractivity contribution in [3.05, 3.63) is 16.9 Å². The van der Waals surface area contributed by atoms with Gasteiger partial charge >= 0.3 is 12.2 Å². The summed E-state index contributed by atoms with van der Waals surface area (Å²) in [6, 6.07) is -1.06. The van der Waals surface area contributed by atoms with Gasteiger partial charge in [-0.25, -0.2) is 4.79 Å². The van der Waals surface area contributed by atoms with Gasteiger partial charge in [-0.05, 0) is 6.42 Å². The molecule has 7 nitrogen and oxygen atoms in total. The molecule has 0 fully saturated rings. The fourth-order valence-electron chi connectivity index (χ4n) is 0.926. The SMILES string of the molecule is CC(=O)NC(CC/C(O)=C/[N+]#N)C(=O)O. The first-order valence-electron chi connectivity index (χ1n) is 4.19. The third-order valence-electron chi connectivity index (χ3n) is 1.57. The van der Waals surface area contributed by atoms with Crippen molar-refractivity contribution in [1.29, 1.82) is 5.39 Å². The van der Waals surface area contributed by atoms with Crippen molar-refractivity contribution < 1.29 is 19.8 Å². The van der Waals surface area contributed by atoms with Crippen LogP contribution in [0.4, 0.5) is 0 Å². The highest BCUT2D eigenvalue weighted by atomic mass is 16.4. The molecule has 0 saturated heterocycles. The van der Waals surface area contributed by atoms with Crippen molar-refractivity contribution in [3.63, 3.8) is 0 Å². The number of carbonyl (C=O) groups is 2. The van der Waals surface area contributed by atoms with Gasteiger partial charge in [0.15, 0.2) is 10.7 Å². The number of hydrogen-bond donors (Lipinski definition) is 3. The van der Waals surface area contributed by atoms with Crippen molar-refractivity contribution in [3.8, 4) is 0 Å². The molecule has 0 spiro atoms. The Labute approximate surface area is 86.0 Å². The van der Waals surface area contributed by atoms with E-state index >= 15 is 0 Å². The van der Waals surface area contributed by atoms with E-state index in [1.807, 2.05) is 0 Å². The monoisotopic (exact) mass is 214 g/mol. The second kappa shape index (κ2) is 6.37. The van der Waals surface area contributed by atoms with Gasteiger partial charge in [-0.1, -0.05) is 0 Å². The zero-order valence-electron chi connectivity index (χ0n) is 8.17. The highest BCUT2D eigenvalue weighted by molar-refractivity contribution is 5.81. The minimum atomic E-state index is -1.18. The van der Waals surface area contributed by atoms with Crippen molar-refractivity contribution in [2.45, 2.75) is 25.8 Å². The van der Waals surface area contributed by atoms with Crippen LogP contribution in [0.5, 0.6) is 0 Å². The normalized spacial score (nSPS) is 12.7. The van der Waals surface area contributed by atoms with Crippen molar-refractivity contribution in [2.75, 3.05) is 0 Å². The van der Waals surface area contributed by atoms with Gasteiger partial charge in [-0.3, -0.25) is 4.79 Å². The summed E-state index contributed by atoms with van der Waals surface area (Å²) < 4.78 is 0. The van der Waals surface area contributed by atoms with Crippen molar-refractivity contribution >= 4 is 11.9 Å². The number of carboxylic acid groups (broad SMARTS) is 1. The standard InChI is InChI=1S/C8H11N3O4/c1-5(12)11-7(8(14)15)3-2-6(13)4-10-9/h4,7H,2-3H2,1H3,(H2-,11,12,13,14,15)/p+1/b6-4-. The quantitative estimate of drug-likeness (QED) is 0.458. The zero-order chi connectivity index (χ0) is 11.8. The Kier molecular flexibility index (Phi) is 5.48. The Morgan fingerprint density at radius 1 is 1.53 bits per heavy atom. The molecule has 0 saturated carbocycles. The Bertz CT molecular complexity index is 318. The van der Waals surface area contributed by atoms with Gasteiger partial charge in [0.2, 0.25) is 11.3 Å². The van der Waals surface area contributed by atoms with E-state index in [0.29, 0.717) is 0 Å². The van der Waals surface area contributed by atoms with E-state index in [-0.39, 0.29) is 18.6 Å². The maximum Gasteiger partial charge on any atom is 0.387 e. The number of carbonyl (C=O) groups excluding carboxylic acids is 1. The maximum absolute atomic E-state index is 10.6. The first-order chi connectivity index (χ1) is 6.97. The first kappa shape index (κ1) is 12.9. The third-order valence-corrected chi connectivity index (χ3v) is 1.57. The Balaban J connectivity index is 4.20. The van der Waals surface area contributed by atoms with E-state index in [2.05, 4.69) is 10.3 Å². The molecular weight excluding hydrogens is 202 g/mol. The molecule has 1 atom stereocenters. The number of aliphatic hydroxyl groups excluding tert-OH is 1. The number of rotatable bonds is 5. The number of aliphatic carboxylic acids is 1. The average molecular weight is 214 g/mol. The highest BCUT2D eigenvalue weighted by Crippen LogP contribution is 2.05. The molecule has 0 aromatic heterocycles. The van der Waals surface area contributed by atoms with Gasteiger partial charge in [0, 0.05) is 13.3 Å². The summed E-state index contributed by atoms with van der Waals surface area (Å²) in [5.41, 5.74) is 0. The van der Waals surface area contributed by atoms with Crippen LogP contribution in [0, 0.1) is 5.39 Å². The van der Waals surface area contributed by atoms with Gasteiger partial charge < -0.3 is 15.5 Å². The van der Waals surface area contributed by atoms with E-state index in [0.717, 1.165) is 6.20 Å². The van der Waals surface area contributed by atoms with Gasteiger partial charge in [0.05, 0.1) is 0 Å². The fourth-order valence-corrected chi connectivity index (χ4v) is 0.926. The number of diazo groups is 1. The second-order valence-electron chi connectivity index (χ2n) is 2.87. The number of nitrogens with one attached hydrogen (secondary N) is 1. The molecule has 0 radical (unpaired) electrons. The third kappa shape index (κ3) is 6.04. The van der Waals surface area contributed by atoms with Crippen molar-refractivity contribution in [1.82, 2.24) is 5.32 Å². The molecule has 0 bridgehead atoms. The summed E-state index contributed by atoms with van der Waals surface area (Å²) in [4.78, 5) is 23.8. The number of carboxylic acids is 1. The predicted octanol–water partition coefficient (Wildman–Crippen LogP) is 0.608. The largest absolute Gasteiger partial charge is 0.505 e. The smallest absolute Gasteiger partial charge is 0.387 e. The van der Waals surface area contributed by atoms with Crippen LogP contribution in [-0.4, -0.2) is 28.1 Å². The average Bonchev–Trinajstić information content (AvgIpc) is 2.11. The zero-order valence-corrected chi connectivity index (χ0v) is 8.17. The Hall–Kier alpha value is -2.10. The van der Waals surface area contributed by atoms with Crippen molar-refractivity contribution in [2.24, 2.45) is 0 Å². The summed E-state index contributed by atoms with van der Waals surface area (Å²) in [6.07, 6.45) is 0.820. The Morgan fingerprint density at radius 2 is 2.13 bits per heavy atom. The summed E-state index contributed by atoms with van der Waals surface area (Å²) in [5.74, 6) is -1.90. The van der Waals surface area contributed by atoms with Crippen LogP contribution in [-0.2, 0) is 9.59 Å². The fraction of sp³-hybridized carbons (Fsp3) is 0.500. The number of aliphatic hydroxyl groups is 1. The van der Waals surface area contributed by atoms with Gasteiger partial charge in [0.1, 0.15) is 6.04 Å². The summed E-state index contributed by atoms with van der Waals surface area (Å²) in [6.45, 7) is 1.20. The number of nitrogens with zero attached hydrogens (tertiary/aromatic N) is 2. The molecule has 0 aromatic rings. The lowest BCUT2D eigenvalue weighted by molar-refractivity contribution is -0.141. The molecule has 82 valence electrons. The van der Waals surface area contributed by atoms with Gasteiger partial charge in [-0.15, -0.1) is 0 Å². The van der Waals surface area contributed by atoms with Crippen LogP contribution < -0.4 is 5.32 Å². The highest BCUT2D eigenvalue weighted by Gasteiger charge is 2.18. The number of amides is 1. The molecular formula is C8H12N3O4+. The van der Waals surface area contributed by atoms with Gasteiger partial charge in [0.25, 0.3) is 0 Å². The maximum atomic E-state index is 10.6. The van der Waals surface area contributed by atoms with Crippen LogP contribution >= 0.6 is 0 Å². The molecule has 1 unspecified atom stereocenters. The van der Waals surface area contributed by atoms with E-state index in [4.69, 9.17) is 15.6 Å². The molecule has 3 N–H and O–H groups in total. The van der Waals surface area contributed by atoms with E-state index < -0.39 is 17.9 Å². The minimum Gasteiger partial charge on any atom is -0.505 e. The topological polar surface area (TPSA) is 115 Å². The number of hydrogen-bond acceptors (Lipinski definition) is 4. The molecule has 7 heteroatoms. The molecule has 0 rings (SSSR count). The number of allylic oxidation sites excluding steroid dienone is 1. The van der Waals surface area contributed by atoms with Crippen LogP contribution in [0.15, 0.2) is 12.0 Å². The molecule has 0 aliphatic heterocycles. The minimum absolute atomic E-state index is 0.00130. The van der Waals surface area contributed by atoms with Crippen LogP contribution in [0.1, 0.15) is 19.8 Å². The lowest BCUT2D eigenvalue weighted by Gasteiger charge is -2.11. The van der Waals surface area contributed by atoms with Gasteiger partial charge in [-0.2, -0.15) is 0 Å². The van der Waals surface area contributed by atoms with Crippen LogP contribution in [0.3, 0.4) is 0 Å². The summed E-state index contributed by atoms with van der Waals surface area (Å²) in [7, 11) is 0. The predicted molar refractivity (Wildman–Crippen MR) is 50.3 cm³/mol. The molecule has 0 heterocycles. The van der Waals surface area contributed by atoms with E-state index in [1.54, 1.807) is 0 Å². The molecule has 0 aliphatic carbocycles. The van der Waals surface area contributed by atoms with Crippen LogP contribution in [0.25, 0.3) is 4.98 Å². The molecule has 1 amide bonds. The molecule has 15 heavy (non-hydrogen) atoms. The molecule has 0 aromatic carbocycles. The Morgan fingerprint density at radius 3 is 2.53 bits per heavy atom.